The second-order valence-corrected chi connectivity index (χ2v) is 6.12. The van der Waals surface area contributed by atoms with Crippen molar-refractivity contribution in [1.82, 2.24) is 15.1 Å². The Morgan fingerprint density at radius 1 is 1.41 bits per heavy atom. The standard InChI is InChI=1S/C18H23N3O/c1-3-21-12-14(11-19-21)10-17(22)20-18(15-8-9-15)16-7-5-4-6-13(16)2/h4-7,11-12,15,18H,3,8-10H2,1-2H3,(H,20,22)/t18-/m0/s1. The van der Waals surface area contributed by atoms with Crippen molar-refractivity contribution in [2.45, 2.75) is 45.7 Å². The maximum Gasteiger partial charge on any atom is 0.225 e. The molecule has 116 valence electrons. The second-order valence-electron chi connectivity index (χ2n) is 6.12. The normalized spacial score (nSPS) is 15.5. The third kappa shape index (κ3) is 3.38. The number of rotatable bonds is 6. The predicted octanol–water partition coefficient (Wildman–Crippen LogP) is 3.02. The van der Waals surface area contributed by atoms with E-state index in [0.717, 1.165) is 12.1 Å². The number of carbonyl (C=O) groups excluding carboxylic acids is 1. The van der Waals surface area contributed by atoms with E-state index in [1.807, 2.05) is 23.9 Å². The van der Waals surface area contributed by atoms with Crippen LogP contribution in [0.4, 0.5) is 0 Å². The summed E-state index contributed by atoms with van der Waals surface area (Å²) in [6.07, 6.45) is 6.53. The fourth-order valence-electron chi connectivity index (χ4n) is 2.90. The zero-order valence-corrected chi connectivity index (χ0v) is 13.2. The molecule has 4 heteroatoms. The average molecular weight is 297 g/mol. The van der Waals surface area contributed by atoms with Gasteiger partial charge in [0.2, 0.25) is 5.91 Å². The Morgan fingerprint density at radius 2 is 2.18 bits per heavy atom. The van der Waals surface area contributed by atoms with Crippen LogP contribution in [-0.2, 0) is 17.8 Å². The molecule has 4 nitrogen and oxygen atoms in total. The topological polar surface area (TPSA) is 46.9 Å². The van der Waals surface area contributed by atoms with Gasteiger partial charge in [-0.05, 0) is 49.3 Å². The quantitative estimate of drug-likeness (QED) is 0.891. The van der Waals surface area contributed by atoms with Crippen LogP contribution in [0.5, 0.6) is 0 Å². The predicted molar refractivity (Wildman–Crippen MR) is 86.4 cm³/mol. The monoisotopic (exact) mass is 297 g/mol. The summed E-state index contributed by atoms with van der Waals surface area (Å²) in [6, 6.07) is 8.49. The van der Waals surface area contributed by atoms with Crippen molar-refractivity contribution in [3.63, 3.8) is 0 Å². The summed E-state index contributed by atoms with van der Waals surface area (Å²) in [4.78, 5) is 12.4. The lowest BCUT2D eigenvalue weighted by Gasteiger charge is -2.20. The Bertz CT molecular complexity index is 658. The number of nitrogens with one attached hydrogen (secondary N) is 1. The molecule has 1 aromatic heterocycles. The van der Waals surface area contributed by atoms with Gasteiger partial charge in [-0.15, -0.1) is 0 Å². The first-order valence-electron chi connectivity index (χ1n) is 8.03. The minimum absolute atomic E-state index is 0.0795. The Balaban J connectivity index is 1.69. The van der Waals surface area contributed by atoms with Gasteiger partial charge in [0.05, 0.1) is 18.7 Å². The number of benzene rings is 1. The van der Waals surface area contributed by atoms with E-state index in [4.69, 9.17) is 0 Å². The number of nitrogens with zero attached hydrogens (tertiary/aromatic N) is 2. The summed E-state index contributed by atoms with van der Waals surface area (Å²) in [5, 5.41) is 7.46. The van der Waals surface area contributed by atoms with E-state index in [1.54, 1.807) is 6.20 Å². The molecule has 0 aliphatic heterocycles. The third-order valence-corrected chi connectivity index (χ3v) is 4.31. The van der Waals surface area contributed by atoms with Gasteiger partial charge in [-0.3, -0.25) is 9.48 Å². The largest absolute Gasteiger partial charge is 0.349 e. The highest BCUT2D eigenvalue weighted by atomic mass is 16.1. The van der Waals surface area contributed by atoms with Crippen molar-refractivity contribution in [2.75, 3.05) is 0 Å². The number of aromatic nitrogens is 2. The van der Waals surface area contributed by atoms with E-state index in [0.29, 0.717) is 12.3 Å². The summed E-state index contributed by atoms with van der Waals surface area (Å²) in [6.45, 7) is 4.98. The van der Waals surface area contributed by atoms with E-state index in [-0.39, 0.29) is 11.9 Å². The Kier molecular flexibility index (Phi) is 4.27. The molecule has 1 aromatic carbocycles. The van der Waals surface area contributed by atoms with Crippen molar-refractivity contribution < 1.29 is 4.79 Å². The molecule has 1 saturated carbocycles. The van der Waals surface area contributed by atoms with Crippen molar-refractivity contribution >= 4 is 5.91 Å². The molecular formula is C18H23N3O. The van der Waals surface area contributed by atoms with Gasteiger partial charge in [-0.1, -0.05) is 24.3 Å². The highest BCUT2D eigenvalue weighted by molar-refractivity contribution is 5.79. The molecule has 0 bridgehead atoms. The maximum absolute atomic E-state index is 12.4. The first kappa shape index (κ1) is 14.8. The zero-order valence-electron chi connectivity index (χ0n) is 13.2. The molecular weight excluding hydrogens is 274 g/mol. The molecule has 1 aliphatic rings. The molecule has 22 heavy (non-hydrogen) atoms. The van der Waals surface area contributed by atoms with E-state index in [2.05, 4.69) is 35.5 Å². The van der Waals surface area contributed by atoms with Crippen LogP contribution in [0.25, 0.3) is 0 Å². The fourth-order valence-corrected chi connectivity index (χ4v) is 2.90. The smallest absolute Gasteiger partial charge is 0.225 e. The third-order valence-electron chi connectivity index (χ3n) is 4.31. The SMILES string of the molecule is CCn1cc(CC(=O)N[C@H](c2ccccc2C)C2CC2)cn1. The number of hydrogen-bond acceptors (Lipinski definition) is 2. The van der Waals surface area contributed by atoms with Gasteiger partial charge in [0.25, 0.3) is 0 Å². The average Bonchev–Trinajstić information content (AvgIpc) is 3.26. The van der Waals surface area contributed by atoms with Crippen molar-refractivity contribution in [2.24, 2.45) is 5.92 Å². The second kappa shape index (κ2) is 6.34. The number of hydrogen-bond donors (Lipinski definition) is 1. The molecule has 3 rings (SSSR count). The summed E-state index contributed by atoms with van der Waals surface area (Å²) < 4.78 is 1.85. The number of aryl methyl sites for hydroxylation is 2. The van der Waals surface area contributed by atoms with E-state index in [9.17, 15) is 4.79 Å². The minimum atomic E-state index is 0.0795. The van der Waals surface area contributed by atoms with Crippen LogP contribution >= 0.6 is 0 Å². The van der Waals surface area contributed by atoms with Gasteiger partial charge < -0.3 is 5.32 Å². The van der Waals surface area contributed by atoms with Crippen LogP contribution in [0.3, 0.4) is 0 Å². The van der Waals surface area contributed by atoms with E-state index < -0.39 is 0 Å². The highest BCUT2D eigenvalue weighted by Gasteiger charge is 2.34. The first-order valence-corrected chi connectivity index (χ1v) is 8.03. The molecule has 1 aliphatic carbocycles. The summed E-state index contributed by atoms with van der Waals surface area (Å²) in [5.74, 6) is 0.666. The molecule has 1 atom stereocenters. The van der Waals surface area contributed by atoms with Crippen LogP contribution in [0, 0.1) is 12.8 Å². The van der Waals surface area contributed by atoms with Crippen LogP contribution in [0.2, 0.25) is 0 Å². The molecule has 0 saturated heterocycles. The van der Waals surface area contributed by atoms with E-state index in [1.165, 1.54) is 24.0 Å². The van der Waals surface area contributed by atoms with Gasteiger partial charge in [0.15, 0.2) is 0 Å². The van der Waals surface area contributed by atoms with Crippen LogP contribution in [-0.4, -0.2) is 15.7 Å². The summed E-state index contributed by atoms with van der Waals surface area (Å²) in [5.41, 5.74) is 3.47. The molecule has 0 unspecified atom stereocenters. The Hall–Kier alpha value is -2.10. The lowest BCUT2D eigenvalue weighted by molar-refractivity contribution is -0.121. The van der Waals surface area contributed by atoms with Crippen molar-refractivity contribution in [3.05, 3.63) is 53.3 Å². The van der Waals surface area contributed by atoms with Crippen molar-refractivity contribution in [3.8, 4) is 0 Å². The first-order chi connectivity index (χ1) is 10.7. The molecule has 1 amide bonds. The number of amides is 1. The van der Waals surface area contributed by atoms with Gasteiger partial charge in [-0.25, -0.2) is 0 Å². The maximum atomic E-state index is 12.4. The molecule has 1 heterocycles. The van der Waals surface area contributed by atoms with Gasteiger partial charge in [0, 0.05) is 12.7 Å². The van der Waals surface area contributed by atoms with Gasteiger partial charge >= 0.3 is 0 Å². The summed E-state index contributed by atoms with van der Waals surface area (Å²) in [7, 11) is 0. The lowest BCUT2D eigenvalue weighted by atomic mass is 9.97. The highest BCUT2D eigenvalue weighted by Crippen LogP contribution is 2.41. The molecule has 1 N–H and O–H groups in total. The Morgan fingerprint density at radius 3 is 2.82 bits per heavy atom. The van der Waals surface area contributed by atoms with E-state index >= 15 is 0 Å². The van der Waals surface area contributed by atoms with Gasteiger partial charge in [0.1, 0.15) is 0 Å². The van der Waals surface area contributed by atoms with Gasteiger partial charge in [-0.2, -0.15) is 5.10 Å². The minimum Gasteiger partial charge on any atom is -0.349 e. The number of carbonyl (C=O) groups is 1. The fraction of sp³-hybridized carbons (Fsp3) is 0.444. The molecule has 2 aromatic rings. The van der Waals surface area contributed by atoms with Crippen LogP contribution < -0.4 is 5.32 Å². The molecule has 0 spiro atoms. The zero-order chi connectivity index (χ0) is 15.5. The Labute approximate surface area is 131 Å². The summed E-state index contributed by atoms with van der Waals surface area (Å²) >= 11 is 0. The van der Waals surface area contributed by atoms with Crippen LogP contribution in [0.15, 0.2) is 36.7 Å². The lowest BCUT2D eigenvalue weighted by Crippen LogP contribution is -2.31. The van der Waals surface area contributed by atoms with Crippen molar-refractivity contribution in [1.29, 1.82) is 0 Å². The van der Waals surface area contributed by atoms with Crippen LogP contribution in [0.1, 0.15) is 42.5 Å². The molecule has 1 fully saturated rings. The molecule has 0 radical (unpaired) electrons.